The third-order valence-electron chi connectivity index (χ3n) is 3.90. The number of rotatable bonds is 6. The summed E-state index contributed by atoms with van der Waals surface area (Å²) >= 11 is 3.55. The maximum absolute atomic E-state index is 5.90. The molecule has 0 atom stereocenters. The van der Waals surface area contributed by atoms with Crippen LogP contribution in [-0.4, -0.2) is 34.2 Å². The molecule has 0 saturated heterocycles. The van der Waals surface area contributed by atoms with Crippen molar-refractivity contribution < 1.29 is 4.74 Å². The van der Waals surface area contributed by atoms with Crippen LogP contribution in [0.5, 0.6) is 0 Å². The van der Waals surface area contributed by atoms with Crippen LogP contribution in [0.2, 0.25) is 25.7 Å². The number of nitrogens with zero attached hydrogens (tertiary/aromatic N) is 4. The van der Waals surface area contributed by atoms with E-state index in [4.69, 9.17) is 9.84 Å². The van der Waals surface area contributed by atoms with Gasteiger partial charge in [-0.05, 0) is 24.2 Å². The van der Waals surface area contributed by atoms with E-state index in [1.165, 1.54) is 0 Å². The summed E-state index contributed by atoms with van der Waals surface area (Å²) in [5.41, 5.74) is 3.03. The molecule has 5 nitrogen and oxygen atoms in total. The van der Waals surface area contributed by atoms with E-state index in [1.54, 1.807) is 4.68 Å². The average molecular weight is 407 g/mol. The van der Waals surface area contributed by atoms with Crippen LogP contribution in [0.25, 0.3) is 22.2 Å². The second-order valence-corrected chi connectivity index (χ2v) is 13.8. The molecule has 7 heteroatoms. The fraction of sp³-hybridized carbons (Fsp3) is 0.412. The van der Waals surface area contributed by atoms with Crippen LogP contribution in [-0.2, 0) is 18.5 Å². The van der Waals surface area contributed by atoms with Gasteiger partial charge in [0.05, 0.1) is 11.7 Å². The Hall–Kier alpha value is -1.44. The van der Waals surface area contributed by atoms with Gasteiger partial charge in [-0.25, -0.2) is 4.68 Å². The molecular weight excluding hydrogens is 384 g/mol. The van der Waals surface area contributed by atoms with Crippen LogP contribution in [0, 0.1) is 0 Å². The van der Waals surface area contributed by atoms with Gasteiger partial charge in [0.25, 0.3) is 0 Å². The normalized spacial score (nSPS) is 12.2. The molecule has 2 aromatic heterocycles. The minimum Gasteiger partial charge on any atom is -0.360 e. The molecule has 0 unspecified atom stereocenters. The molecule has 0 amide bonds. The number of fused-ring (bicyclic) bond motifs is 1. The zero-order chi connectivity index (χ0) is 17.3. The zero-order valence-corrected chi connectivity index (χ0v) is 17.2. The zero-order valence-electron chi connectivity index (χ0n) is 14.6. The van der Waals surface area contributed by atoms with Gasteiger partial charge >= 0.3 is 0 Å². The number of benzene rings is 1. The summed E-state index contributed by atoms with van der Waals surface area (Å²) in [5, 5.41) is 10.1. The van der Waals surface area contributed by atoms with Gasteiger partial charge in [-0.15, -0.1) is 0 Å². The van der Waals surface area contributed by atoms with Crippen molar-refractivity contribution in [2.75, 3.05) is 6.61 Å². The molecule has 0 spiro atoms. The molecule has 0 bridgehead atoms. The molecule has 3 rings (SSSR count). The third kappa shape index (κ3) is 3.96. The van der Waals surface area contributed by atoms with E-state index in [0.717, 1.165) is 39.3 Å². The van der Waals surface area contributed by atoms with Gasteiger partial charge in [0.15, 0.2) is 0 Å². The molecule has 128 valence electrons. The van der Waals surface area contributed by atoms with E-state index in [0.29, 0.717) is 6.73 Å². The Balaban J connectivity index is 1.88. The van der Waals surface area contributed by atoms with Gasteiger partial charge in [-0.2, -0.15) is 10.2 Å². The van der Waals surface area contributed by atoms with Crippen LogP contribution in [0.1, 0.15) is 0 Å². The lowest BCUT2D eigenvalue weighted by Gasteiger charge is -2.15. The highest BCUT2D eigenvalue weighted by molar-refractivity contribution is 9.10. The smallest absolute Gasteiger partial charge is 0.140 e. The topological polar surface area (TPSA) is 44.9 Å². The van der Waals surface area contributed by atoms with Crippen molar-refractivity contribution in [1.82, 2.24) is 19.6 Å². The van der Waals surface area contributed by atoms with Gasteiger partial charge in [0.2, 0.25) is 0 Å². The number of ether oxygens (including phenoxy) is 1. The quantitative estimate of drug-likeness (QED) is 0.446. The van der Waals surface area contributed by atoms with E-state index in [-0.39, 0.29) is 0 Å². The fourth-order valence-electron chi connectivity index (χ4n) is 2.53. The van der Waals surface area contributed by atoms with Gasteiger partial charge in [0, 0.05) is 43.3 Å². The molecule has 0 aliphatic carbocycles. The highest BCUT2D eigenvalue weighted by atomic mass is 79.9. The lowest BCUT2D eigenvalue weighted by Crippen LogP contribution is -2.22. The Morgan fingerprint density at radius 3 is 2.71 bits per heavy atom. The second kappa shape index (κ2) is 6.82. The Morgan fingerprint density at radius 2 is 2.04 bits per heavy atom. The van der Waals surface area contributed by atoms with Crippen molar-refractivity contribution in [2.24, 2.45) is 7.05 Å². The van der Waals surface area contributed by atoms with Gasteiger partial charge in [-0.1, -0.05) is 35.6 Å². The van der Waals surface area contributed by atoms with Crippen molar-refractivity contribution in [2.45, 2.75) is 32.4 Å². The second-order valence-electron chi connectivity index (χ2n) is 7.26. The van der Waals surface area contributed by atoms with Gasteiger partial charge < -0.3 is 4.74 Å². The predicted molar refractivity (Wildman–Crippen MR) is 104 cm³/mol. The maximum Gasteiger partial charge on any atom is 0.140 e. The number of hydrogen-bond donors (Lipinski definition) is 0. The van der Waals surface area contributed by atoms with Crippen LogP contribution < -0.4 is 0 Å². The summed E-state index contributed by atoms with van der Waals surface area (Å²) < 4.78 is 10.7. The number of aryl methyl sites for hydroxylation is 1. The average Bonchev–Trinajstić information content (AvgIpc) is 3.06. The van der Waals surface area contributed by atoms with Crippen LogP contribution >= 0.6 is 15.9 Å². The Morgan fingerprint density at radius 1 is 1.25 bits per heavy atom. The summed E-state index contributed by atoms with van der Waals surface area (Å²) in [6.07, 6.45) is 3.83. The van der Waals surface area contributed by atoms with Crippen LogP contribution in [0.4, 0.5) is 0 Å². The molecule has 0 fully saturated rings. The Labute approximate surface area is 151 Å². The molecule has 0 aliphatic heterocycles. The molecular formula is C17H23BrN4OSi. The van der Waals surface area contributed by atoms with E-state index >= 15 is 0 Å². The fourth-order valence-corrected chi connectivity index (χ4v) is 3.64. The van der Waals surface area contributed by atoms with E-state index in [9.17, 15) is 0 Å². The van der Waals surface area contributed by atoms with Crippen LogP contribution in [0.3, 0.4) is 0 Å². The van der Waals surface area contributed by atoms with Gasteiger partial charge in [0.1, 0.15) is 12.4 Å². The standard InChI is InChI=1S/C17H23BrN4OSi/c1-21-11-13(10-19-21)17-15-6-5-14(18)9-16(15)22(20-17)12-23-7-8-24(2,3)4/h5-6,9-11H,7-8,12H2,1-4H3. The van der Waals surface area contributed by atoms with E-state index in [1.807, 2.05) is 30.2 Å². The minimum atomic E-state index is -1.08. The van der Waals surface area contributed by atoms with E-state index < -0.39 is 8.07 Å². The summed E-state index contributed by atoms with van der Waals surface area (Å²) in [4.78, 5) is 0. The summed E-state index contributed by atoms with van der Waals surface area (Å²) in [6, 6.07) is 7.38. The number of hydrogen-bond acceptors (Lipinski definition) is 3. The lowest BCUT2D eigenvalue weighted by atomic mass is 10.1. The van der Waals surface area contributed by atoms with Crippen molar-refractivity contribution in [1.29, 1.82) is 0 Å². The van der Waals surface area contributed by atoms with Crippen molar-refractivity contribution in [3.05, 3.63) is 35.1 Å². The summed E-state index contributed by atoms with van der Waals surface area (Å²) in [7, 11) is 0.840. The molecule has 3 aromatic rings. The lowest BCUT2D eigenvalue weighted by molar-refractivity contribution is 0.0818. The maximum atomic E-state index is 5.90. The van der Waals surface area contributed by atoms with Crippen LogP contribution in [0.15, 0.2) is 35.1 Å². The SMILES string of the molecule is Cn1cc(-c2nn(COCC[Si](C)(C)C)c3cc(Br)ccc23)cn1. The molecule has 2 heterocycles. The molecule has 0 saturated carbocycles. The van der Waals surface area contributed by atoms with Crippen molar-refractivity contribution in [3.8, 4) is 11.3 Å². The number of halogens is 1. The monoisotopic (exact) mass is 406 g/mol. The molecule has 0 radical (unpaired) electrons. The first-order chi connectivity index (χ1) is 11.3. The first-order valence-corrected chi connectivity index (χ1v) is 12.6. The first kappa shape index (κ1) is 17.4. The molecule has 0 N–H and O–H groups in total. The van der Waals surface area contributed by atoms with Crippen molar-refractivity contribution >= 4 is 34.9 Å². The first-order valence-electron chi connectivity index (χ1n) is 8.06. The third-order valence-corrected chi connectivity index (χ3v) is 6.10. The van der Waals surface area contributed by atoms with E-state index in [2.05, 4.69) is 52.8 Å². The summed E-state index contributed by atoms with van der Waals surface area (Å²) in [5.74, 6) is 0. The highest BCUT2D eigenvalue weighted by Crippen LogP contribution is 2.29. The molecule has 24 heavy (non-hydrogen) atoms. The largest absolute Gasteiger partial charge is 0.360 e. The Bertz CT molecular complexity index is 850. The molecule has 1 aromatic carbocycles. The predicted octanol–water partition coefficient (Wildman–Crippen LogP) is 4.51. The minimum absolute atomic E-state index is 0.470. The number of aromatic nitrogens is 4. The van der Waals surface area contributed by atoms with Crippen molar-refractivity contribution in [3.63, 3.8) is 0 Å². The Kier molecular flexibility index (Phi) is 4.94. The highest BCUT2D eigenvalue weighted by Gasteiger charge is 2.15. The molecule has 0 aliphatic rings. The summed E-state index contributed by atoms with van der Waals surface area (Å²) in [6.45, 7) is 8.33. The van der Waals surface area contributed by atoms with Gasteiger partial charge in [-0.3, -0.25) is 4.68 Å².